The lowest BCUT2D eigenvalue weighted by Crippen LogP contribution is -2.39. The summed E-state index contributed by atoms with van der Waals surface area (Å²) in [6.45, 7) is 6.77. The van der Waals surface area contributed by atoms with E-state index in [0.717, 1.165) is 25.9 Å². The maximum atomic E-state index is 11.2. The van der Waals surface area contributed by atoms with Crippen molar-refractivity contribution in [1.82, 2.24) is 4.90 Å². The summed E-state index contributed by atoms with van der Waals surface area (Å²) in [5, 5.41) is 9.34. The first-order valence-corrected chi connectivity index (χ1v) is 4.74. The summed E-state index contributed by atoms with van der Waals surface area (Å²) < 4.78 is 0. The van der Waals surface area contributed by atoms with Crippen LogP contribution in [0.25, 0.3) is 0 Å². The number of aliphatic hydroxyl groups excluding tert-OH is 1. The molecule has 0 aromatic heterocycles. The molecule has 74 valence electrons. The van der Waals surface area contributed by atoms with E-state index in [4.69, 9.17) is 0 Å². The average Bonchev–Trinajstić information content (AvgIpc) is 2.17. The molecule has 1 aliphatic rings. The van der Waals surface area contributed by atoms with Gasteiger partial charge in [0.25, 0.3) is 0 Å². The standard InChI is InChI=1S/C10H17NO2/c1-3-10(13)11-6-4-9(5-7-11)8(2)12/h3,8-9,12H,1,4-7H2,2H3/t8-/m0/s1. The van der Waals surface area contributed by atoms with Crippen LogP contribution in [0.5, 0.6) is 0 Å². The van der Waals surface area contributed by atoms with Crippen LogP contribution in [0.1, 0.15) is 19.8 Å². The smallest absolute Gasteiger partial charge is 0.245 e. The van der Waals surface area contributed by atoms with Crippen molar-refractivity contribution in [3.05, 3.63) is 12.7 Å². The maximum Gasteiger partial charge on any atom is 0.245 e. The molecule has 0 aromatic rings. The number of nitrogens with zero attached hydrogens (tertiary/aromatic N) is 1. The quantitative estimate of drug-likeness (QED) is 0.643. The van der Waals surface area contributed by atoms with Gasteiger partial charge in [-0.25, -0.2) is 0 Å². The van der Waals surface area contributed by atoms with Crippen molar-refractivity contribution in [3.8, 4) is 0 Å². The number of hydrogen-bond donors (Lipinski definition) is 1. The summed E-state index contributed by atoms with van der Waals surface area (Å²) in [5.74, 6) is 0.359. The van der Waals surface area contributed by atoms with E-state index in [0.29, 0.717) is 5.92 Å². The minimum Gasteiger partial charge on any atom is -0.393 e. The summed E-state index contributed by atoms with van der Waals surface area (Å²) in [7, 11) is 0. The molecule has 1 rings (SSSR count). The van der Waals surface area contributed by atoms with Crippen LogP contribution in [0.4, 0.5) is 0 Å². The molecule has 0 radical (unpaired) electrons. The molecule has 1 heterocycles. The first kappa shape index (κ1) is 10.3. The lowest BCUT2D eigenvalue weighted by molar-refractivity contribution is -0.127. The van der Waals surface area contributed by atoms with Gasteiger partial charge >= 0.3 is 0 Å². The highest BCUT2D eigenvalue weighted by Gasteiger charge is 2.23. The number of rotatable bonds is 2. The molecule has 0 unspecified atom stereocenters. The van der Waals surface area contributed by atoms with Crippen molar-refractivity contribution >= 4 is 5.91 Å². The summed E-state index contributed by atoms with van der Waals surface area (Å²) in [5.41, 5.74) is 0. The van der Waals surface area contributed by atoms with Gasteiger partial charge in [0.2, 0.25) is 5.91 Å². The van der Waals surface area contributed by atoms with Gasteiger partial charge in [-0.3, -0.25) is 4.79 Å². The van der Waals surface area contributed by atoms with Gasteiger partial charge in [0, 0.05) is 13.1 Å². The fraction of sp³-hybridized carbons (Fsp3) is 0.700. The molecule has 1 N–H and O–H groups in total. The molecule has 3 nitrogen and oxygen atoms in total. The summed E-state index contributed by atoms with van der Waals surface area (Å²) in [6.07, 6.45) is 2.90. The first-order chi connectivity index (χ1) is 6.15. The lowest BCUT2D eigenvalue weighted by atomic mass is 9.92. The van der Waals surface area contributed by atoms with E-state index < -0.39 is 0 Å². The Morgan fingerprint density at radius 3 is 2.54 bits per heavy atom. The number of amides is 1. The molecule has 1 fully saturated rings. The second kappa shape index (κ2) is 4.42. The van der Waals surface area contributed by atoms with Gasteiger partial charge < -0.3 is 10.0 Å². The molecule has 13 heavy (non-hydrogen) atoms. The predicted molar refractivity (Wildman–Crippen MR) is 51.2 cm³/mol. The third kappa shape index (κ3) is 2.56. The van der Waals surface area contributed by atoms with Gasteiger partial charge in [-0.15, -0.1) is 0 Å². The Morgan fingerprint density at radius 2 is 2.15 bits per heavy atom. The molecule has 1 amide bonds. The number of aliphatic hydroxyl groups is 1. The van der Waals surface area contributed by atoms with Gasteiger partial charge in [0.05, 0.1) is 6.10 Å². The molecule has 1 saturated heterocycles. The van der Waals surface area contributed by atoms with Gasteiger partial charge in [-0.1, -0.05) is 6.58 Å². The van der Waals surface area contributed by atoms with Crippen LogP contribution in [-0.2, 0) is 4.79 Å². The number of carbonyl (C=O) groups is 1. The van der Waals surface area contributed by atoms with Crippen LogP contribution >= 0.6 is 0 Å². The molecule has 0 saturated carbocycles. The first-order valence-electron chi connectivity index (χ1n) is 4.74. The Labute approximate surface area is 79.0 Å². The molecule has 0 bridgehead atoms. The van der Waals surface area contributed by atoms with Crippen molar-refractivity contribution in [2.75, 3.05) is 13.1 Å². The summed E-state index contributed by atoms with van der Waals surface area (Å²) in [6, 6.07) is 0. The molecule has 1 atom stereocenters. The van der Waals surface area contributed by atoms with Gasteiger partial charge in [-0.2, -0.15) is 0 Å². The van der Waals surface area contributed by atoms with E-state index in [-0.39, 0.29) is 12.0 Å². The van der Waals surface area contributed by atoms with Gasteiger partial charge in [0.15, 0.2) is 0 Å². The minimum atomic E-state index is -0.249. The van der Waals surface area contributed by atoms with E-state index in [1.54, 1.807) is 4.90 Å². The Kier molecular flexibility index (Phi) is 3.48. The largest absolute Gasteiger partial charge is 0.393 e. The molecule has 0 aromatic carbocycles. The van der Waals surface area contributed by atoms with Crippen LogP contribution in [0, 0.1) is 5.92 Å². The van der Waals surface area contributed by atoms with E-state index >= 15 is 0 Å². The highest BCUT2D eigenvalue weighted by Crippen LogP contribution is 2.20. The van der Waals surface area contributed by atoms with E-state index in [1.807, 2.05) is 6.92 Å². The lowest BCUT2D eigenvalue weighted by Gasteiger charge is -2.32. The summed E-state index contributed by atoms with van der Waals surface area (Å²) in [4.78, 5) is 13.0. The van der Waals surface area contributed by atoms with E-state index in [9.17, 15) is 9.90 Å². The van der Waals surface area contributed by atoms with Crippen molar-refractivity contribution < 1.29 is 9.90 Å². The van der Waals surface area contributed by atoms with Crippen LogP contribution in [0.15, 0.2) is 12.7 Å². The van der Waals surface area contributed by atoms with Crippen LogP contribution in [-0.4, -0.2) is 35.1 Å². The second-order valence-electron chi connectivity index (χ2n) is 3.61. The zero-order valence-electron chi connectivity index (χ0n) is 8.07. The third-order valence-corrected chi connectivity index (χ3v) is 2.71. The minimum absolute atomic E-state index is 0.00374. The van der Waals surface area contributed by atoms with Crippen molar-refractivity contribution in [3.63, 3.8) is 0 Å². The number of carbonyl (C=O) groups excluding carboxylic acids is 1. The average molecular weight is 183 g/mol. The van der Waals surface area contributed by atoms with Gasteiger partial charge in [0.1, 0.15) is 0 Å². The predicted octanol–water partition coefficient (Wildman–Crippen LogP) is 0.792. The molecular formula is C10H17NO2. The second-order valence-corrected chi connectivity index (χ2v) is 3.61. The SMILES string of the molecule is C=CC(=O)N1CCC([C@H](C)O)CC1. The van der Waals surface area contributed by atoms with Crippen molar-refractivity contribution in [2.24, 2.45) is 5.92 Å². The van der Waals surface area contributed by atoms with Crippen LogP contribution in [0.3, 0.4) is 0 Å². The Bertz CT molecular complexity index is 193. The normalized spacial score (nSPS) is 21.2. The summed E-state index contributed by atoms with van der Waals surface area (Å²) >= 11 is 0. The van der Waals surface area contributed by atoms with Crippen LogP contribution < -0.4 is 0 Å². The monoisotopic (exact) mass is 183 g/mol. The molecule has 1 aliphatic heterocycles. The van der Waals surface area contributed by atoms with Crippen LogP contribution in [0.2, 0.25) is 0 Å². The highest BCUT2D eigenvalue weighted by molar-refractivity contribution is 5.87. The maximum absolute atomic E-state index is 11.2. The molecule has 0 spiro atoms. The number of hydrogen-bond acceptors (Lipinski definition) is 2. The Morgan fingerprint density at radius 1 is 1.62 bits per heavy atom. The molecule has 0 aliphatic carbocycles. The topological polar surface area (TPSA) is 40.5 Å². The zero-order chi connectivity index (χ0) is 9.84. The third-order valence-electron chi connectivity index (χ3n) is 2.71. The molecule has 3 heteroatoms. The van der Waals surface area contributed by atoms with Crippen molar-refractivity contribution in [1.29, 1.82) is 0 Å². The van der Waals surface area contributed by atoms with E-state index in [1.165, 1.54) is 6.08 Å². The Balaban J connectivity index is 2.38. The number of likely N-dealkylation sites (tertiary alicyclic amines) is 1. The molecular weight excluding hydrogens is 166 g/mol. The highest BCUT2D eigenvalue weighted by atomic mass is 16.3. The Hall–Kier alpha value is -0.830. The van der Waals surface area contributed by atoms with E-state index in [2.05, 4.69) is 6.58 Å². The van der Waals surface area contributed by atoms with Crippen molar-refractivity contribution in [2.45, 2.75) is 25.9 Å². The fourth-order valence-electron chi connectivity index (χ4n) is 1.73. The van der Waals surface area contributed by atoms with Gasteiger partial charge in [-0.05, 0) is 31.8 Å². The fourth-order valence-corrected chi connectivity index (χ4v) is 1.73. The number of piperidine rings is 1. The zero-order valence-corrected chi connectivity index (χ0v) is 8.07.